The first-order chi connectivity index (χ1) is 3.62. The molecule has 1 unspecified atom stereocenters. The predicted octanol–water partition coefficient (Wildman–Crippen LogP) is 0.734. The van der Waals surface area contributed by atoms with Crippen LogP contribution in [0.4, 0.5) is 0 Å². The third-order valence-electron chi connectivity index (χ3n) is 0.643. The molecule has 0 aromatic carbocycles. The molecule has 0 saturated heterocycles. The van der Waals surface area contributed by atoms with Crippen molar-refractivity contribution in [1.29, 1.82) is 0 Å². The van der Waals surface area contributed by atoms with Crippen LogP contribution in [0.15, 0.2) is 5.10 Å². The average molecular weight is 134 g/mol. The van der Waals surface area contributed by atoms with Crippen molar-refractivity contribution in [3.05, 3.63) is 0 Å². The van der Waals surface area contributed by atoms with Crippen LogP contribution in [0.2, 0.25) is 0 Å². The zero-order chi connectivity index (χ0) is 6.62. The summed E-state index contributed by atoms with van der Waals surface area (Å²) in [5.74, 6) is 0. The van der Waals surface area contributed by atoms with Gasteiger partial charge in [0.05, 0.1) is 0 Å². The Morgan fingerprint density at radius 1 is 1.75 bits per heavy atom. The first-order valence-corrected chi connectivity index (χ1v) is 2.70. The maximum absolute atomic E-state index is 4.85. The molecule has 0 bridgehead atoms. The van der Waals surface area contributed by atoms with Crippen molar-refractivity contribution in [2.45, 2.75) is 19.6 Å². The molecule has 0 aliphatic heterocycles. The molecule has 0 aliphatic rings. The van der Waals surface area contributed by atoms with Crippen LogP contribution < -0.4 is 5.43 Å². The summed E-state index contributed by atoms with van der Waals surface area (Å²) in [6.45, 7) is 6.93. The highest BCUT2D eigenvalue weighted by Crippen LogP contribution is 2.07. The Balaban J connectivity index is 3.53. The molecule has 0 aliphatic carbocycles. The molecule has 0 aromatic rings. The van der Waals surface area contributed by atoms with Crippen LogP contribution in [-0.4, -0.2) is 12.4 Å². The summed E-state index contributed by atoms with van der Waals surface area (Å²) in [6.07, 6.45) is 0. The van der Waals surface area contributed by atoms with Gasteiger partial charge >= 0.3 is 0 Å². The normalized spacial score (nSPS) is 10.9. The third kappa shape index (κ3) is 2.94. The number of nitrogens with one attached hydrogen (secondary N) is 1. The maximum Gasteiger partial charge on any atom is 0.151 e. The van der Waals surface area contributed by atoms with Crippen molar-refractivity contribution in [2.24, 2.45) is 5.10 Å². The van der Waals surface area contributed by atoms with E-state index in [0.717, 1.165) is 0 Å². The topological polar surface area (TPSA) is 33.6 Å². The average Bonchev–Trinajstić information content (AvgIpc) is 1.67. The molecule has 0 radical (unpaired) electrons. The van der Waals surface area contributed by atoms with Crippen LogP contribution in [-0.2, 0) is 4.52 Å². The molecule has 0 spiro atoms. The van der Waals surface area contributed by atoms with E-state index in [1.807, 2.05) is 13.8 Å². The molecular weight excluding hydrogens is 123 g/mol. The van der Waals surface area contributed by atoms with Gasteiger partial charge in [0.1, 0.15) is 0 Å². The van der Waals surface area contributed by atoms with Gasteiger partial charge < -0.3 is 4.52 Å². The zero-order valence-corrected chi connectivity index (χ0v) is 6.29. The second kappa shape index (κ2) is 3.00. The summed E-state index contributed by atoms with van der Waals surface area (Å²) < 4.78 is 4.85. The molecule has 0 aromatic heterocycles. The van der Waals surface area contributed by atoms with Gasteiger partial charge in [-0.1, -0.05) is 0 Å². The van der Waals surface area contributed by atoms with E-state index in [1.54, 1.807) is 0 Å². The highest BCUT2D eigenvalue weighted by molar-refractivity contribution is 7.09. The lowest BCUT2D eigenvalue weighted by molar-refractivity contribution is 0.0983. The number of hydrogen-bond donors (Lipinski definition) is 1. The molecule has 4 heteroatoms. The van der Waals surface area contributed by atoms with Gasteiger partial charge in [0.25, 0.3) is 0 Å². The molecule has 3 nitrogen and oxygen atoms in total. The molecule has 1 N–H and O–H groups in total. The quantitative estimate of drug-likeness (QED) is 0.267. The van der Waals surface area contributed by atoms with Gasteiger partial charge in [-0.25, -0.2) is 0 Å². The van der Waals surface area contributed by atoms with E-state index < -0.39 is 5.72 Å². The Morgan fingerprint density at radius 3 is 2.38 bits per heavy atom. The van der Waals surface area contributed by atoms with E-state index in [4.69, 9.17) is 4.52 Å². The van der Waals surface area contributed by atoms with E-state index >= 15 is 0 Å². The fourth-order valence-electron chi connectivity index (χ4n) is 0.217. The first kappa shape index (κ1) is 7.86. The summed E-state index contributed by atoms with van der Waals surface area (Å²) in [7, 11) is 2.15. The van der Waals surface area contributed by atoms with Crippen molar-refractivity contribution in [3.8, 4) is 0 Å². The van der Waals surface area contributed by atoms with E-state index in [9.17, 15) is 0 Å². The molecule has 0 fully saturated rings. The van der Waals surface area contributed by atoms with E-state index in [1.165, 1.54) is 0 Å². The van der Waals surface area contributed by atoms with Crippen LogP contribution in [0, 0.1) is 0 Å². The van der Waals surface area contributed by atoms with Crippen molar-refractivity contribution < 1.29 is 4.52 Å². The van der Waals surface area contributed by atoms with Crippen LogP contribution in [0.1, 0.15) is 13.8 Å². The lowest BCUT2D eigenvalue weighted by atomic mass is 10.3. The highest BCUT2D eigenvalue weighted by atomic mass is 31.0. The van der Waals surface area contributed by atoms with Crippen LogP contribution in [0.5, 0.6) is 0 Å². The molecule has 48 valence electrons. The molecule has 1 atom stereocenters. The minimum Gasteiger partial charge on any atom is -0.339 e. The fraction of sp³-hybridized carbons (Fsp3) is 0.750. The van der Waals surface area contributed by atoms with Gasteiger partial charge in [-0.05, 0) is 13.8 Å². The lowest BCUT2D eigenvalue weighted by Gasteiger charge is -2.20. The second-order valence-electron chi connectivity index (χ2n) is 1.90. The van der Waals surface area contributed by atoms with Crippen LogP contribution >= 0.6 is 9.47 Å². The van der Waals surface area contributed by atoms with Gasteiger partial charge in [-0.3, -0.25) is 5.43 Å². The Morgan fingerprint density at radius 2 is 2.25 bits per heavy atom. The van der Waals surface area contributed by atoms with Crippen LogP contribution in [0.3, 0.4) is 0 Å². The van der Waals surface area contributed by atoms with Gasteiger partial charge in [0.2, 0.25) is 0 Å². The minimum atomic E-state index is -0.424. The monoisotopic (exact) mass is 134 g/mol. The number of hydrogen-bond acceptors (Lipinski definition) is 3. The molecule has 0 heterocycles. The molecular formula is C4H11N2OP. The van der Waals surface area contributed by atoms with Crippen molar-refractivity contribution >= 4 is 16.2 Å². The Kier molecular flexibility index (Phi) is 2.95. The standard InChI is InChI=1S/C4H11N2OP/c1-4(2,7-8)6-5-3/h6H,3,8H2,1-2H3. The van der Waals surface area contributed by atoms with Crippen molar-refractivity contribution in [3.63, 3.8) is 0 Å². The fourth-order valence-corrected chi connectivity index (χ4v) is 0.269. The van der Waals surface area contributed by atoms with Crippen molar-refractivity contribution in [2.75, 3.05) is 0 Å². The Hall–Kier alpha value is -0.140. The summed E-state index contributed by atoms with van der Waals surface area (Å²) in [6, 6.07) is 0. The first-order valence-electron chi connectivity index (χ1n) is 2.23. The lowest BCUT2D eigenvalue weighted by Crippen LogP contribution is -2.35. The molecule has 0 amide bonds. The number of nitrogens with zero attached hydrogens (tertiary/aromatic N) is 1. The summed E-state index contributed by atoms with van der Waals surface area (Å²) >= 11 is 0. The third-order valence-corrected chi connectivity index (χ3v) is 1.23. The largest absolute Gasteiger partial charge is 0.339 e. The number of rotatable bonds is 3. The second-order valence-corrected chi connectivity index (χ2v) is 2.13. The van der Waals surface area contributed by atoms with E-state index in [-0.39, 0.29) is 0 Å². The SMILES string of the molecule is C=NNC(C)(C)OP. The van der Waals surface area contributed by atoms with Crippen LogP contribution in [0.25, 0.3) is 0 Å². The zero-order valence-electron chi connectivity index (χ0n) is 5.14. The summed E-state index contributed by atoms with van der Waals surface area (Å²) in [5.41, 5.74) is 2.22. The summed E-state index contributed by atoms with van der Waals surface area (Å²) in [4.78, 5) is 0. The van der Waals surface area contributed by atoms with Crippen molar-refractivity contribution in [1.82, 2.24) is 5.43 Å². The minimum absolute atomic E-state index is 0.424. The predicted molar refractivity (Wildman–Crippen MR) is 37.6 cm³/mol. The van der Waals surface area contributed by atoms with Gasteiger partial charge in [0.15, 0.2) is 5.72 Å². The summed E-state index contributed by atoms with van der Waals surface area (Å²) in [5, 5.41) is 3.44. The highest BCUT2D eigenvalue weighted by Gasteiger charge is 2.12. The molecule has 8 heavy (non-hydrogen) atoms. The molecule has 0 rings (SSSR count). The smallest absolute Gasteiger partial charge is 0.151 e. The van der Waals surface area contributed by atoms with E-state index in [0.29, 0.717) is 0 Å². The Labute approximate surface area is 51.8 Å². The van der Waals surface area contributed by atoms with Gasteiger partial charge in [-0.15, -0.1) is 0 Å². The van der Waals surface area contributed by atoms with E-state index in [2.05, 4.69) is 26.7 Å². The maximum atomic E-state index is 4.85. The van der Waals surface area contributed by atoms with Gasteiger partial charge in [-0.2, -0.15) is 5.10 Å². The number of hydrazone groups is 1. The Bertz CT molecular complexity index is 84.1. The molecule has 0 saturated carbocycles. The van der Waals surface area contributed by atoms with Gasteiger partial charge in [0, 0.05) is 16.2 Å².